The van der Waals surface area contributed by atoms with Crippen LogP contribution < -0.4 is 10.2 Å². The van der Waals surface area contributed by atoms with Crippen LogP contribution in [0.25, 0.3) is 0 Å². The highest BCUT2D eigenvalue weighted by molar-refractivity contribution is 5.53. The van der Waals surface area contributed by atoms with Crippen molar-refractivity contribution in [2.75, 3.05) is 25.0 Å². The van der Waals surface area contributed by atoms with Gasteiger partial charge in [-0.3, -0.25) is 0 Å². The Bertz CT molecular complexity index is 327. The molecule has 1 aliphatic rings. The molecule has 1 N–H and O–H groups in total. The normalized spacial score (nSPS) is 16.9. The molecule has 0 bridgehead atoms. The molecule has 0 unspecified atom stereocenters. The lowest BCUT2D eigenvalue weighted by atomic mass is 10.0. The molecule has 76 valence electrons. The summed E-state index contributed by atoms with van der Waals surface area (Å²) in [5.74, 6) is 0. The van der Waals surface area contributed by atoms with E-state index < -0.39 is 0 Å². The zero-order chi connectivity index (χ0) is 10.1. The highest BCUT2D eigenvalue weighted by atomic mass is 15.2. The zero-order valence-corrected chi connectivity index (χ0v) is 9.17. The first kappa shape index (κ1) is 9.53. The van der Waals surface area contributed by atoms with Crippen molar-refractivity contribution in [2.24, 2.45) is 0 Å². The van der Waals surface area contributed by atoms with Crippen molar-refractivity contribution >= 4 is 5.69 Å². The van der Waals surface area contributed by atoms with E-state index in [0.717, 1.165) is 13.1 Å². The second kappa shape index (κ2) is 3.62. The van der Waals surface area contributed by atoms with Crippen LogP contribution >= 0.6 is 0 Å². The van der Waals surface area contributed by atoms with Crippen LogP contribution in [0.15, 0.2) is 18.2 Å². The quantitative estimate of drug-likeness (QED) is 0.763. The van der Waals surface area contributed by atoms with E-state index in [1.165, 1.54) is 16.8 Å². The molecule has 1 aromatic rings. The lowest BCUT2D eigenvalue weighted by Crippen LogP contribution is -2.57. The van der Waals surface area contributed by atoms with E-state index in [4.69, 9.17) is 0 Å². The van der Waals surface area contributed by atoms with Crippen LogP contribution in [0.4, 0.5) is 5.69 Å². The lowest BCUT2D eigenvalue weighted by molar-refractivity contribution is 0.450. The molecule has 1 aliphatic heterocycles. The molecule has 0 spiro atoms. The summed E-state index contributed by atoms with van der Waals surface area (Å²) in [7, 11) is 2.03. The summed E-state index contributed by atoms with van der Waals surface area (Å²) in [6.07, 6.45) is 0. The summed E-state index contributed by atoms with van der Waals surface area (Å²) in [6, 6.07) is 7.38. The molecule has 0 aromatic heterocycles. The predicted molar refractivity (Wildman–Crippen MR) is 61.0 cm³/mol. The third-order valence-electron chi connectivity index (χ3n) is 3.15. The van der Waals surface area contributed by atoms with Crippen molar-refractivity contribution < 1.29 is 0 Å². The van der Waals surface area contributed by atoms with Crippen molar-refractivity contribution in [3.8, 4) is 0 Å². The van der Waals surface area contributed by atoms with Gasteiger partial charge < -0.3 is 10.2 Å². The predicted octanol–water partition coefficient (Wildman–Crippen LogP) is 1.71. The van der Waals surface area contributed by atoms with Crippen molar-refractivity contribution in [2.45, 2.75) is 19.9 Å². The summed E-state index contributed by atoms with van der Waals surface area (Å²) in [4.78, 5) is 2.41. The van der Waals surface area contributed by atoms with Crippen molar-refractivity contribution in [3.05, 3.63) is 29.3 Å². The number of rotatable bonds is 2. The number of benzene rings is 1. The highest BCUT2D eigenvalue weighted by Gasteiger charge is 2.24. The Labute approximate surface area is 85.9 Å². The summed E-state index contributed by atoms with van der Waals surface area (Å²) in [5, 5.41) is 3.29. The van der Waals surface area contributed by atoms with E-state index >= 15 is 0 Å². The van der Waals surface area contributed by atoms with Gasteiger partial charge >= 0.3 is 0 Å². The molecule has 0 aliphatic carbocycles. The van der Waals surface area contributed by atoms with Crippen LogP contribution in [-0.4, -0.2) is 26.2 Å². The fraction of sp³-hybridized carbons (Fsp3) is 0.500. The number of likely N-dealkylation sites (N-methyl/N-ethyl adjacent to an activating group) is 1. The zero-order valence-electron chi connectivity index (χ0n) is 9.17. The van der Waals surface area contributed by atoms with Gasteiger partial charge in [0.1, 0.15) is 0 Å². The van der Waals surface area contributed by atoms with E-state index in [0.29, 0.717) is 6.04 Å². The lowest BCUT2D eigenvalue weighted by Gasteiger charge is -2.41. The summed E-state index contributed by atoms with van der Waals surface area (Å²) >= 11 is 0. The molecule has 2 heteroatoms. The van der Waals surface area contributed by atoms with Crippen molar-refractivity contribution in [3.63, 3.8) is 0 Å². The molecule has 1 saturated heterocycles. The second-order valence-electron chi connectivity index (χ2n) is 4.16. The van der Waals surface area contributed by atoms with E-state index in [1.807, 2.05) is 7.05 Å². The van der Waals surface area contributed by atoms with Gasteiger partial charge in [0.15, 0.2) is 0 Å². The largest absolute Gasteiger partial charge is 0.368 e. The van der Waals surface area contributed by atoms with Gasteiger partial charge in [0.25, 0.3) is 0 Å². The fourth-order valence-corrected chi connectivity index (χ4v) is 1.79. The van der Waals surface area contributed by atoms with E-state index in [2.05, 4.69) is 42.3 Å². The van der Waals surface area contributed by atoms with Crippen LogP contribution in [0.3, 0.4) is 0 Å². The third kappa shape index (κ3) is 1.62. The van der Waals surface area contributed by atoms with Crippen LogP contribution in [0.5, 0.6) is 0 Å². The van der Waals surface area contributed by atoms with Gasteiger partial charge in [0, 0.05) is 24.8 Å². The summed E-state index contributed by atoms with van der Waals surface area (Å²) in [6.45, 7) is 6.61. The number of nitrogens with one attached hydrogen (secondary N) is 1. The Morgan fingerprint density at radius 3 is 2.50 bits per heavy atom. The smallest absolute Gasteiger partial charge is 0.0418 e. The third-order valence-corrected chi connectivity index (χ3v) is 3.15. The second-order valence-corrected chi connectivity index (χ2v) is 4.16. The van der Waals surface area contributed by atoms with Gasteiger partial charge in [-0.05, 0) is 44.2 Å². The van der Waals surface area contributed by atoms with Gasteiger partial charge in [-0.2, -0.15) is 0 Å². The maximum atomic E-state index is 3.29. The number of aryl methyl sites for hydroxylation is 2. The SMILES string of the molecule is CNC1CN(c2ccc(C)c(C)c2)C1. The summed E-state index contributed by atoms with van der Waals surface area (Å²) in [5.41, 5.74) is 4.12. The molecule has 2 rings (SSSR count). The van der Waals surface area contributed by atoms with Gasteiger partial charge in [-0.1, -0.05) is 6.07 Å². The van der Waals surface area contributed by atoms with Crippen molar-refractivity contribution in [1.29, 1.82) is 0 Å². The fourth-order valence-electron chi connectivity index (χ4n) is 1.79. The molecule has 0 amide bonds. The number of hydrogen-bond acceptors (Lipinski definition) is 2. The minimum absolute atomic E-state index is 0.677. The molecule has 1 heterocycles. The van der Waals surface area contributed by atoms with Crippen LogP contribution in [0, 0.1) is 13.8 Å². The molecule has 2 nitrogen and oxygen atoms in total. The molecule has 14 heavy (non-hydrogen) atoms. The standard InChI is InChI=1S/C12H18N2/c1-9-4-5-12(6-10(9)2)14-7-11(8-14)13-3/h4-6,11,13H,7-8H2,1-3H3. The van der Waals surface area contributed by atoms with Gasteiger partial charge in [-0.25, -0.2) is 0 Å². The monoisotopic (exact) mass is 190 g/mol. The minimum atomic E-state index is 0.677. The first-order chi connectivity index (χ1) is 6.70. The van der Waals surface area contributed by atoms with Gasteiger partial charge in [-0.15, -0.1) is 0 Å². The minimum Gasteiger partial charge on any atom is -0.368 e. The number of hydrogen-bond donors (Lipinski definition) is 1. The first-order valence-corrected chi connectivity index (χ1v) is 5.20. The molecule has 1 fully saturated rings. The summed E-state index contributed by atoms with van der Waals surface area (Å²) < 4.78 is 0. The van der Waals surface area contributed by atoms with Gasteiger partial charge in [0.05, 0.1) is 0 Å². The Kier molecular flexibility index (Phi) is 2.46. The molecule has 0 atom stereocenters. The van der Waals surface area contributed by atoms with Crippen LogP contribution in [0.1, 0.15) is 11.1 Å². The number of anilines is 1. The molecule has 0 radical (unpaired) electrons. The Hall–Kier alpha value is -1.02. The Morgan fingerprint density at radius 1 is 1.21 bits per heavy atom. The van der Waals surface area contributed by atoms with Gasteiger partial charge in [0.2, 0.25) is 0 Å². The molecule has 1 aromatic carbocycles. The molecule has 0 saturated carbocycles. The molecular formula is C12H18N2. The van der Waals surface area contributed by atoms with Crippen LogP contribution in [0.2, 0.25) is 0 Å². The molecular weight excluding hydrogens is 172 g/mol. The Balaban J connectivity index is 2.08. The van der Waals surface area contributed by atoms with E-state index in [1.54, 1.807) is 0 Å². The topological polar surface area (TPSA) is 15.3 Å². The average Bonchev–Trinajstić information content (AvgIpc) is 2.09. The van der Waals surface area contributed by atoms with Crippen molar-refractivity contribution in [1.82, 2.24) is 5.32 Å². The maximum absolute atomic E-state index is 3.29. The van der Waals surface area contributed by atoms with E-state index in [-0.39, 0.29) is 0 Å². The van der Waals surface area contributed by atoms with E-state index in [9.17, 15) is 0 Å². The number of nitrogens with zero attached hydrogens (tertiary/aromatic N) is 1. The average molecular weight is 190 g/mol. The highest BCUT2D eigenvalue weighted by Crippen LogP contribution is 2.23. The maximum Gasteiger partial charge on any atom is 0.0418 e. The Morgan fingerprint density at radius 2 is 1.93 bits per heavy atom. The van der Waals surface area contributed by atoms with Crippen LogP contribution in [-0.2, 0) is 0 Å². The first-order valence-electron chi connectivity index (χ1n) is 5.20.